The molecule has 0 heterocycles. The third-order valence-corrected chi connectivity index (χ3v) is 2.79. The van der Waals surface area contributed by atoms with Crippen molar-refractivity contribution in [1.82, 2.24) is 0 Å². The Labute approximate surface area is 145 Å². The second-order valence-electron chi connectivity index (χ2n) is 3.85. The molecule has 16 heavy (non-hydrogen) atoms. The fourth-order valence-electron chi connectivity index (χ4n) is 1.54. The van der Waals surface area contributed by atoms with Crippen molar-refractivity contribution < 1.29 is 64.3 Å². The third-order valence-electron chi connectivity index (χ3n) is 2.43. The Kier molecular flexibility index (Phi) is 20.9. The molecule has 0 saturated heterocycles. The van der Waals surface area contributed by atoms with Crippen molar-refractivity contribution in [1.29, 1.82) is 0 Å². The van der Waals surface area contributed by atoms with Gasteiger partial charge in [0.15, 0.2) is 0 Å². The van der Waals surface area contributed by atoms with Crippen LogP contribution >= 0.6 is 0 Å². The zero-order valence-electron chi connectivity index (χ0n) is 10.7. The molecule has 0 radical (unpaired) electrons. The van der Waals surface area contributed by atoms with E-state index in [1.54, 1.807) is 0 Å². The van der Waals surface area contributed by atoms with Crippen LogP contribution in [0.3, 0.4) is 0 Å². The summed E-state index contributed by atoms with van der Waals surface area (Å²) in [7, 11) is 0. The molecule has 0 aromatic carbocycles. The van der Waals surface area contributed by atoms with Gasteiger partial charge in [-0.3, -0.25) is 0 Å². The first kappa shape index (κ1) is 20.0. The van der Waals surface area contributed by atoms with Gasteiger partial charge in [0.2, 0.25) is 0 Å². The van der Waals surface area contributed by atoms with Crippen molar-refractivity contribution in [3.63, 3.8) is 0 Å². The molecule has 0 aliphatic carbocycles. The molecular weight excluding hydrogens is 251 g/mol. The standard InChI is InChI=1S/C11H24O3S.K/c1-2-3-4-5-6-7-8-9-10-11-14-15(12)13;/h2-11H2,1H3,(H,12,13);/q;+1/p-1. The summed E-state index contributed by atoms with van der Waals surface area (Å²) in [6.07, 6.45) is 11.0. The minimum atomic E-state index is -2.33. The third kappa shape index (κ3) is 18.1. The first-order chi connectivity index (χ1) is 7.27. The van der Waals surface area contributed by atoms with Gasteiger partial charge < -0.3 is 8.74 Å². The maximum Gasteiger partial charge on any atom is 1.00 e. The van der Waals surface area contributed by atoms with Crippen LogP contribution in [0, 0.1) is 0 Å². The maximum atomic E-state index is 10.0. The summed E-state index contributed by atoms with van der Waals surface area (Å²) < 4.78 is 24.4. The van der Waals surface area contributed by atoms with Gasteiger partial charge in [-0.1, -0.05) is 58.3 Å². The van der Waals surface area contributed by atoms with Crippen molar-refractivity contribution >= 4 is 11.4 Å². The average Bonchev–Trinajstić information content (AvgIpc) is 2.20. The number of hydrogen-bond donors (Lipinski definition) is 0. The van der Waals surface area contributed by atoms with Crippen LogP contribution in [0.4, 0.5) is 0 Å². The predicted octanol–water partition coefficient (Wildman–Crippen LogP) is 0.332. The van der Waals surface area contributed by atoms with Gasteiger partial charge in [0.1, 0.15) is 0 Å². The van der Waals surface area contributed by atoms with Gasteiger partial charge in [-0.15, -0.1) is 0 Å². The first-order valence-electron chi connectivity index (χ1n) is 6.00. The van der Waals surface area contributed by atoms with E-state index in [2.05, 4.69) is 11.1 Å². The Hall–Kier alpha value is 1.71. The molecule has 0 bridgehead atoms. The van der Waals surface area contributed by atoms with E-state index in [9.17, 15) is 8.76 Å². The van der Waals surface area contributed by atoms with Crippen LogP contribution in [0.5, 0.6) is 0 Å². The molecule has 0 saturated carbocycles. The first-order valence-corrected chi connectivity index (χ1v) is 7.00. The molecular formula is C11H23KO3S. The second-order valence-corrected chi connectivity index (χ2v) is 4.50. The molecule has 1 atom stereocenters. The van der Waals surface area contributed by atoms with Gasteiger partial charge >= 0.3 is 51.4 Å². The maximum absolute atomic E-state index is 10.0. The molecule has 0 rings (SSSR count). The van der Waals surface area contributed by atoms with E-state index in [0.29, 0.717) is 6.61 Å². The fourth-order valence-corrected chi connectivity index (χ4v) is 1.79. The second kappa shape index (κ2) is 16.7. The fraction of sp³-hybridized carbons (Fsp3) is 1.00. The summed E-state index contributed by atoms with van der Waals surface area (Å²) in [6, 6.07) is 0. The summed E-state index contributed by atoms with van der Waals surface area (Å²) in [5, 5.41) is 0. The van der Waals surface area contributed by atoms with Crippen molar-refractivity contribution in [2.45, 2.75) is 64.7 Å². The van der Waals surface area contributed by atoms with Crippen molar-refractivity contribution in [2.24, 2.45) is 0 Å². The molecule has 0 aromatic rings. The van der Waals surface area contributed by atoms with Crippen molar-refractivity contribution in [3.05, 3.63) is 0 Å². The molecule has 92 valence electrons. The van der Waals surface area contributed by atoms with Gasteiger partial charge in [-0.2, -0.15) is 0 Å². The zero-order chi connectivity index (χ0) is 11.4. The molecule has 0 N–H and O–H groups in total. The van der Waals surface area contributed by atoms with Gasteiger partial charge in [0.05, 0.1) is 18.0 Å². The van der Waals surface area contributed by atoms with Crippen LogP contribution in [-0.4, -0.2) is 15.4 Å². The number of hydrogen-bond acceptors (Lipinski definition) is 3. The van der Waals surface area contributed by atoms with Crippen molar-refractivity contribution in [2.75, 3.05) is 6.61 Å². The van der Waals surface area contributed by atoms with Gasteiger partial charge in [-0.05, 0) is 6.42 Å². The Morgan fingerprint density at radius 3 is 1.81 bits per heavy atom. The minimum Gasteiger partial charge on any atom is -0.750 e. The molecule has 0 aliphatic rings. The van der Waals surface area contributed by atoms with E-state index in [-0.39, 0.29) is 51.4 Å². The van der Waals surface area contributed by atoms with E-state index in [1.165, 1.54) is 44.9 Å². The van der Waals surface area contributed by atoms with Crippen LogP contribution in [0.1, 0.15) is 64.7 Å². The van der Waals surface area contributed by atoms with Crippen LogP contribution in [0.2, 0.25) is 0 Å². The summed E-state index contributed by atoms with van der Waals surface area (Å²) in [5.74, 6) is 0. The number of rotatable bonds is 11. The molecule has 0 amide bonds. The van der Waals surface area contributed by atoms with Crippen molar-refractivity contribution in [3.8, 4) is 0 Å². The van der Waals surface area contributed by atoms with Crippen LogP contribution in [0.25, 0.3) is 0 Å². The van der Waals surface area contributed by atoms with E-state index >= 15 is 0 Å². The summed E-state index contributed by atoms with van der Waals surface area (Å²) in [5.41, 5.74) is 0. The van der Waals surface area contributed by atoms with Gasteiger partial charge in [-0.25, -0.2) is 4.21 Å². The van der Waals surface area contributed by atoms with Crippen LogP contribution in [0.15, 0.2) is 0 Å². The predicted molar refractivity (Wildman–Crippen MR) is 62.1 cm³/mol. The Morgan fingerprint density at radius 1 is 0.938 bits per heavy atom. The quantitative estimate of drug-likeness (QED) is 0.310. The molecule has 0 fully saturated rings. The Morgan fingerprint density at radius 2 is 1.38 bits per heavy atom. The minimum absolute atomic E-state index is 0. The SMILES string of the molecule is CCCCCCCCCCCOS(=O)[O-].[K+]. The number of unbranched alkanes of at least 4 members (excludes halogenated alkanes) is 8. The normalized spacial score (nSPS) is 12.1. The molecule has 5 heteroatoms. The Bertz CT molecular complexity index is 156. The molecule has 3 nitrogen and oxygen atoms in total. The summed E-state index contributed by atoms with van der Waals surface area (Å²) in [6.45, 7) is 2.56. The van der Waals surface area contributed by atoms with Crippen LogP contribution in [-0.2, 0) is 15.5 Å². The largest absolute Gasteiger partial charge is 1.00 e. The van der Waals surface area contributed by atoms with E-state index in [4.69, 9.17) is 0 Å². The molecule has 0 aliphatic heterocycles. The van der Waals surface area contributed by atoms with E-state index < -0.39 is 11.4 Å². The topological polar surface area (TPSA) is 49.4 Å². The summed E-state index contributed by atoms with van der Waals surface area (Å²) >= 11 is -2.33. The molecule has 0 spiro atoms. The van der Waals surface area contributed by atoms with E-state index in [1.807, 2.05) is 0 Å². The Balaban J connectivity index is 0. The van der Waals surface area contributed by atoms with Crippen LogP contribution < -0.4 is 51.4 Å². The van der Waals surface area contributed by atoms with Gasteiger partial charge in [0.25, 0.3) is 0 Å². The smallest absolute Gasteiger partial charge is 0.750 e. The van der Waals surface area contributed by atoms with E-state index in [0.717, 1.165) is 12.8 Å². The van der Waals surface area contributed by atoms with Gasteiger partial charge in [0, 0.05) is 0 Å². The summed E-state index contributed by atoms with van der Waals surface area (Å²) in [4.78, 5) is 0. The monoisotopic (exact) mass is 274 g/mol. The average molecular weight is 274 g/mol. The zero-order valence-corrected chi connectivity index (χ0v) is 14.6. The molecule has 1 unspecified atom stereocenters. The molecule has 0 aromatic heterocycles.